The van der Waals surface area contributed by atoms with Gasteiger partial charge in [0.25, 0.3) is 0 Å². The van der Waals surface area contributed by atoms with Crippen molar-refractivity contribution in [1.82, 2.24) is 25.8 Å². The third-order valence-electron chi connectivity index (χ3n) is 4.01. The zero-order valence-electron chi connectivity index (χ0n) is 16.3. The Balaban J connectivity index is 0.00000300. The van der Waals surface area contributed by atoms with Gasteiger partial charge >= 0.3 is 0 Å². The van der Waals surface area contributed by atoms with Crippen LogP contribution in [-0.2, 0) is 13.1 Å². The maximum atomic E-state index is 13.7. The van der Waals surface area contributed by atoms with Gasteiger partial charge in [0, 0.05) is 17.7 Å². The quantitative estimate of drug-likeness (QED) is 0.258. The molecule has 0 saturated heterocycles. The van der Waals surface area contributed by atoms with Crippen molar-refractivity contribution in [2.24, 2.45) is 4.99 Å². The maximum absolute atomic E-state index is 13.7. The van der Waals surface area contributed by atoms with E-state index in [9.17, 15) is 4.39 Å². The Hall–Kier alpha value is -2.69. The molecule has 3 rings (SSSR count). The Labute approximate surface area is 186 Å². The molecule has 154 valence electrons. The highest BCUT2D eigenvalue weighted by Gasteiger charge is 2.07. The van der Waals surface area contributed by atoms with E-state index in [4.69, 9.17) is 4.74 Å². The first kappa shape index (κ1) is 22.6. The van der Waals surface area contributed by atoms with Gasteiger partial charge in [-0.25, -0.2) is 14.4 Å². The van der Waals surface area contributed by atoms with Crippen LogP contribution in [0, 0.1) is 5.82 Å². The van der Waals surface area contributed by atoms with E-state index in [1.807, 2.05) is 31.2 Å². The lowest BCUT2D eigenvalue weighted by Crippen LogP contribution is -2.37. The number of aromatic amines is 1. The number of benzene rings is 2. The minimum atomic E-state index is -0.263. The second-order valence-electron chi connectivity index (χ2n) is 5.97. The van der Waals surface area contributed by atoms with E-state index < -0.39 is 0 Å². The summed E-state index contributed by atoms with van der Waals surface area (Å²) in [7, 11) is 1.63. The first-order chi connectivity index (χ1) is 13.7. The monoisotopic (exact) mass is 510 g/mol. The van der Waals surface area contributed by atoms with Crippen LogP contribution in [0.3, 0.4) is 0 Å². The summed E-state index contributed by atoms with van der Waals surface area (Å²) in [6.45, 7) is 3.31. The van der Waals surface area contributed by atoms with Gasteiger partial charge < -0.3 is 15.4 Å². The number of halogens is 2. The molecular weight excluding hydrogens is 486 g/mol. The summed E-state index contributed by atoms with van der Waals surface area (Å²) in [4.78, 5) is 8.91. The molecular formula is C20H24FIN6O. The molecule has 0 fully saturated rings. The smallest absolute Gasteiger partial charge is 0.191 e. The van der Waals surface area contributed by atoms with Crippen molar-refractivity contribution in [2.75, 3.05) is 13.7 Å². The molecule has 1 aromatic heterocycles. The summed E-state index contributed by atoms with van der Waals surface area (Å²) in [6, 6.07) is 14.1. The molecule has 0 spiro atoms. The van der Waals surface area contributed by atoms with Crippen LogP contribution in [0.2, 0.25) is 0 Å². The predicted octanol–water partition coefficient (Wildman–Crippen LogP) is 3.49. The fourth-order valence-electron chi connectivity index (χ4n) is 2.54. The molecule has 7 nitrogen and oxygen atoms in total. The largest absolute Gasteiger partial charge is 0.497 e. The van der Waals surface area contributed by atoms with Crippen LogP contribution in [0.4, 0.5) is 4.39 Å². The number of nitrogens with zero attached hydrogens (tertiary/aromatic N) is 3. The van der Waals surface area contributed by atoms with Crippen molar-refractivity contribution in [3.8, 4) is 17.1 Å². The Bertz CT molecular complexity index is 929. The number of ether oxygens (including phenoxy) is 1. The normalized spacial score (nSPS) is 10.9. The molecule has 0 unspecified atom stereocenters. The van der Waals surface area contributed by atoms with E-state index in [0.717, 1.165) is 11.3 Å². The molecule has 0 bridgehead atoms. The number of H-pyrrole nitrogens is 1. The van der Waals surface area contributed by atoms with E-state index in [-0.39, 0.29) is 36.3 Å². The topological polar surface area (TPSA) is 87.2 Å². The van der Waals surface area contributed by atoms with Gasteiger partial charge in [-0.05, 0) is 37.3 Å². The van der Waals surface area contributed by atoms with Crippen molar-refractivity contribution in [3.63, 3.8) is 0 Å². The van der Waals surface area contributed by atoms with Crippen LogP contribution in [-0.4, -0.2) is 34.8 Å². The predicted molar refractivity (Wildman–Crippen MR) is 122 cm³/mol. The summed E-state index contributed by atoms with van der Waals surface area (Å²) in [5.74, 6) is 2.37. The third-order valence-corrected chi connectivity index (χ3v) is 4.01. The van der Waals surface area contributed by atoms with Crippen LogP contribution >= 0.6 is 24.0 Å². The lowest BCUT2D eigenvalue weighted by atomic mass is 10.2. The number of aromatic nitrogens is 3. The molecule has 3 N–H and O–H groups in total. The van der Waals surface area contributed by atoms with E-state index in [1.165, 1.54) is 6.07 Å². The fraction of sp³-hybridized carbons (Fsp3) is 0.250. The van der Waals surface area contributed by atoms with E-state index in [0.29, 0.717) is 36.3 Å². The number of nitrogens with one attached hydrogen (secondary N) is 3. The average Bonchev–Trinajstić information content (AvgIpc) is 3.20. The van der Waals surface area contributed by atoms with Gasteiger partial charge in [-0.1, -0.05) is 18.2 Å². The van der Waals surface area contributed by atoms with Crippen molar-refractivity contribution in [2.45, 2.75) is 20.0 Å². The van der Waals surface area contributed by atoms with Gasteiger partial charge in [-0.3, -0.25) is 5.10 Å². The second kappa shape index (κ2) is 11.3. The highest BCUT2D eigenvalue weighted by molar-refractivity contribution is 14.0. The Morgan fingerprint density at radius 1 is 1.14 bits per heavy atom. The van der Waals surface area contributed by atoms with E-state index in [2.05, 4.69) is 30.8 Å². The summed E-state index contributed by atoms with van der Waals surface area (Å²) in [5, 5.41) is 13.5. The fourth-order valence-corrected chi connectivity index (χ4v) is 2.54. The number of guanidine groups is 1. The van der Waals surface area contributed by atoms with Crippen molar-refractivity contribution >= 4 is 29.9 Å². The van der Waals surface area contributed by atoms with E-state index in [1.54, 1.807) is 25.3 Å². The number of hydrogen-bond acceptors (Lipinski definition) is 4. The van der Waals surface area contributed by atoms with Crippen LogP contribution < -0.4 is 15.4 Å². The van der Waals surface area contributed by atoms with Crippen LogP contribution in [0.25, 0.3) is 11.4 Å². The van der Waals surface area contributed by atoms with Crippen LogP contribution in [0.15, 0.2) is 53.5 Å². The lowest BCUT2D eigenvalue weighted by Gasteiger charge is -2.10. The lowest BCUT2D eigenvalue weighted by molar-refractivity contribution is 0.415. The first-order valence-electron chi connectivity index (χ1n) is 9.01. The van der Waals surface area contributed by atoms with Gasteiger partial charge in [-0.2, -0.15) is 5.10 Å². The van der Waals surface area contributed by atoms with Crippen molar-refractivity contribution < 1.29 is 9.13 Å². The molecule has 0 amide bonds. The summed E-state index contributed by atoms with van der Waals surface area (Å²) < 4.78 is 18.9. The zero-order valence-corrected chi connectivity index (χ0v) is 18.6. The molecule has 9 heteroatoms. The van der Waals surface area contributed by atoms with Crippen LogP contribution in [0.5, 0.6) is 5.75 Å². The summed E-state index contributed by atoms with van der Waals surface area (Å²) >= 11 is 0. The number of hydrogen-bond donors (Lipinski definition) is 3. The summed E-state index contributed by atoms with van der Waals surface area (Å²) in [5.41, 5.74) is 1.43. The second-order valence-corrected chi connectivity index (χ2v) is 5.97. The maximum Gasteiger partial charge on any atom is 0.191 e. The molecule has 3 aromatic rings. The van der Waals surface area contributed by atoms with Crippen molar-refractivity contribution in [1.29, 1.82) is 0 Å². The van der Waals surface area contributed by atoms with Gasteiger partial charge in [0.05, 0.1) is 20.2 Å². The first-order valence-corrected chi connectivity index (χ1v) is 9.01. The van der Waals surface area contributed by atoms with Gasteiger partial charge in [-0.15, -0.1) is 24.0 Å². The Kier molecular flexibility index (Phi) is 8.84. The minimum Gasteiger partial charge on any atom is -0.497 e. The summed E-state index contributed by atoms with van der Waals surface area (Å²) in [6.07, 6.45) is 0. The molecule has 1 heterocycles. The molecule has 0 aliphatic rings. The molecule has 0 atom stereocenters. The average molecular weight is 510 g/mol. The molecule has 0 radical (unpaired) electrons. The number of methoxy groups -OCH3 is 1. The SMILES string of the molecule is CCNC(=NCc1ccccc1F)NCc1nc(-c2ccc(OC)cc2)n[nH]1.I. The van der Waals surface area contributed by atoms with Crippen LogP contribution in [0.1, 0.15) is 18.3 Å². The van der Waals surface area contributed by atoms with E-state index >= 15 is 0 Å². The number of rotatable bonds is 7. The molecule has 0 saturated carbocycles. The van der Waals surface area contributed by atoms with Crippen molar-refractivity contribution in [3.05, 3.63) is 65.7 Å². The standard InChI is InChI=1S/C20H23FN6O.HI/c1-3-22-20(23-12-15-6-4-5-7-17(15)21)24-13-18-25-19(27-26-18)14-8-10-16(28-2)11-9-14;/h4-11H,3,12-13H2,1-2H3,(H2,22,23,24)(H,25,26,27);1H. The number of aliphatic imine (C=N–C) groups is 1. The van der Waals surface area contributed by atoms with Gasteiger partial charge in [0.1, 0.15) is 17.4 Å². The van der Waals surface area contributed by atoms with Gasteiger partial charge in [0.15, 0.2) is 11.8 Å². The third kappa shape index (κ3) is 6.41. The zero-order chi connectivity index (χ0) is 19.8. The minimum absolute atomic E-state index is 0. The molecule has 0 aliphatic heterocycles. The highest BCUT2D eigenvalue weighted by Crippen LogP contribution is 2.18. The van der Waals surface area contributed by atoms with Gasteiger partial charge in [0.2, 0.25) is 0 Å². The molecule has 0 aliphatic carbocycles. The molecule has 29 heavy (non-hydrogen) atoms. The Morgan fingerprint density at radius 3 is 2.59 bits per heavy atom. The highest BCUT2D eigenvalue weighted by atomic mass is 127. The Morgan fingerprint density at radius 2 is 1.90 bits per heavy atom. The molecule has 2 aromatic carbocycles.